The minimum Gasteiger partial charge on any atom is -0.492 e. The summed E-state index contributed by atoms with van der Waals surface area (Å²) in [5.41, 5.74) is 2.63. The fourth-order valence-corrected chi connectivity index (χ4v) is 2.74. The number of benzene rings is 1. The normalized spacial score (nSPS) is 19.0. The molecule has 2 rings (SSSR count). The Kier molecular flexibility index (Phi) is 5.38. The molecule has 0 saturated carbocycles. The number of nitrogen functional groups attached to an aromatic ring is 1. The maximum absolute atomic E-state index is 11.4. The molecule has 5 nitrogen and oxygen atoms in total. The van der Waals surface area contributed by atoms with Crippen LogP contribution in [0.25, 0.3) is 0 Å². The lowest BCUT2D eigenvalue weighted by Crippen LogP contribution is -2.32. The van der Waals surface area contributed by atoms with Gasteiger partial charge in [-0.2, -0.15) is 0 Å². The summed E-state index contributed by atoms with van der Waals surface area (Å²) in [6, 6.07) is 7.78. The average molecular weight is 277 g/mol. The summed E-state index contributed by atoms with van der Waals surface area (Å²) in [6.45, 7) is 4.98. The van der Waals surface area contributed by atoms with Crippen molar-refractivity contribution in [2.45, 2.75) is 32.2 Å². The molecule has 1 heterocycles. The van der Waals surface area contributed by atoms with Crippen LogP contribution in [0.5, 0.6) is 5.75 Å². The van der Waals surface area contributed by atoms with E-state index in [-0.39, 0.29) is 5.91 Å². The quantitative estimate of drug-likeness (QED) is 0.470. The minimum atomic E-state index is -0.305. The van der Waals surface area contributed by atoms with Crippen LogP contribution in [0.2, 0.25) is 0 Å². The maximum atomic E-state index is 11.4. The van der Waals surface area contributed by atoms with Gasteiger partial charge in [-0.3, -0.25) is 15.1 Å². The Morgan fingerprint density at radius 3 is 3.15 bits per heavy atom. The molecule has 1 aliphatic heterocycles. The van der Waals surface area contributed by atoms with Gasteiger partial charge in [0.1, 0.15) is 12.4 Å². The zero-order valence-electron chi connectivity index (χ0n) is 12.0. The van der Waals surface area contributed by atoms with Crippen molar-refractivity contribution in [2.24, 2.45) is 5.84 Å². The van der Waals surface area contributed by atoms with Crippen LogP contribution in [0, 0.1) is 0 Å². The number of hydrazine groups is 1. The van der Waals surface area contributed by atoms with E-state index in [0.717, 1.165) is 13.1 Å². The van der Waals surface area contributed by atoms with Crippen molar-refractivity contribution >= 4 is 5.91 Å². The molecule has 0 aromatic heterocycles. The van der Waals surface area contributed by atoms with Gasteiger partial charge in [-0.1, -0.05) is 13.0 Å². The van der Waals surface area contributed by atoms with Gasteiger partial charge in [0.15, 0.2) is 0 Å². The molecule has 1 fully saturated rings. The van der Waals surface area contributed by atoms with Gasteiger partial charge in [-0.25, -0.2) is 5.84 Å². The molecule has 1 aromatic rings. The lowest BCUT2D eigenvalue weighted by molar-refractivity contribution is 0.0953. The number of nitrogens with one attached hydrogen (secondary N) is 1. The number of carbonyl (C=O) groups excluding carboxylic acids is 1. The Balaban J connectivity index is 1.83. The predicted molar refractivity (Wildman–Crippen MR) is 78.5 cm³/mol. The molecule has 0 spiro atoms. The monoisotopic (exact) mass is 277 g/mol. The zero-order valence-corrected chi connectivity index (χ0v) is 12.0. The number of nitrogens with zero attached hydrogens (tertiary/aromatic N) is 1. The zero-order chi connectivity index (χ0) is 14.4. The van der Waals surface area contributed by atoms with Crippen LogP contribution in [0.3, 0.4) is 0 Å². The van der Waals surface area contributed by atoms with Crippen LogP contribution in [0.1, 0.15) is 36.5 Å². The van der Waals surface area contributed by atoms with Crippen LogP contribution < -0.4 is 16.0 Å². The lowest BCUT2D eigenvalue weighted by atomic mass is 10.2. The highest BCUT2D eigenvalue weighted by Gasteiger charge is 2.22. The first kappa shape index (κ1) is 14.8. The van der Waals surface area contributed by atoms with E-state index in [1.807, 2.05) is 6.07 Å². The first-order valence-corrected chi connectivity index (χ1v) is 7.22. The summed E-state index contributed by atoms with van der Waals surface area (Å²) in [5, 5.41) is 0. The molecule has 1 aliphatic rings. The minimum absolute atomic E-state index is 0.305. The second-order valence-electron chi connectivity index (χ2n) is 5.09. The molecular formula is C15H23N3O2. The Labute approximate surface area is 120 Å². The summed E-state index contributed by atoms with van der Waals surface area (Å²) in [7, 11) is 0. The third-order valence-corrected chi connectivity index (χ3v) is 3.84. The summed E-state index contributed by atoms with van der Waals surface area (Å²) in [5.74, 6) is 5.52. The molecule has 20 heavy (non-hydrogen) atoms. The fraction of sp³-hybridized carbons (Fsp3) is 0.533. The number of rotatable bonds is 6. The molecule has 1 unspecified atom stereocenters. The average Bonchev–Trinajstić information content (AvgIpc) is 2.94. The number of carbonyl (C=O) groups is 1. The molecule has 5 heteroatoms. The smallest absolute Gasteiger partial charge is 0.265 e. The van der Waals surface area contributed by atoms with Crippen LogP contribution in [-0.2, 0) is 0 Å². The second kappa shape index (κ2) is 7.26. The van der Waals surface area contributed by atoms with Crippen molar-refractivity contribution in [3.63, 3.8) is 0 Å². The van der Waals surface area contributed by atoms with Crippen molar-refractivity contribution in [1.82, 2.24) is 10.3 Å². The first-order chi connectivity index (χ1) is 9.74. The van der Waals surface area contributed by atoms with E-state index in [1.165, 1.54) is 19.3 Å². The molecule has 1 amide bonds. The van der Waals surface area contributed by atoms with E-state index >= 15 is 0 Å². The summed E-state index contributed by atoms with van der Waals surface area (Å²) < 4.78 is 5.73. The van der Waals surface area contributed by atoms with Gasteiger partial charge in [0.05, 0.1) is 0 Å². The van der Waals surface area contributed by atoms with Gasteiger partial charge in [0, 0.05) is 18.2 Å². The highest BCUT2D eigenvalue weighted by atomic mass is 16.5. The van der Waals surface area contributed by atoms with Gasteiger partial charge in [-0.05, 0) is 44.0 Å². The lowest BCUT2D eigenvalue weighted by Gasteiger charge is -2.23. The Morgan fingerprint density at radius 1 is 1.55 bits per heavy atom. The van der Waals surface area contributed by atoms with E-state index in [1.54, 1.807) is 18.2 Å². The topological polar surface area (TPSA) is 67.6 Å². The highest BCUT2D eigenvalue weighted by Crippen LogP contribution is 2.19. The SMILES string of the molecule is CCC1CCCN1CCOc1cccc(C(=O)NN)c1. The number of hydrogen-bond acceptors (Lipinski definition) is 4. The van der Waals surface area contributed by atoms with Crippen molar-refractivity contribution in [2.75, 3.05) is 19.7 Å². The van der Waals surface area contributed by atoms with Crippen LogP contribution in [-0.4, -0.2) is 36.5 Å². The van der Waals surface area contributed by atoms with Crippen molar-refractivity contribution in [1.29, 1.82) is 0 Å². The second-order valence-corrected chi connectivity index (χ2v) is 5.09. The molecule has 0 aliphatic carbocycles. The Bertz CT molecular complexity index is 450. The van der Waals surface area contributed by atoms with Gasteiger partial charge in [0.25, 0.3) is 5.91 Å². The van der Waals surface area contributed by atoms with Crippen molar-refractivity contribution in [3.8, 4) is 5.75 Å². The van der Waals surface area contributed by atoms with Crippen LogP contribution in [0.15, 0.2) is 24.3 Å². The molecular weight excluding hydrogens is 254 g/mol. The Hall–Kier alpha value is -1.59. The molecule has 110 valence electrons. The van der Waals surface area contributed by atoms with E-state index < -0.39 is 0 Å². The summed E-state index contributed by atoms with van der Waals surface area (Å²) in [4.78, 5) is 13.9. The van der Waals surface area contributed by atoms with Crippen LogP contribution >= 0.6 is 0 Å². The number of ether oxygens (including phenoxy) is 1. The van der Waals surface area contributed by atoms with Crippen molar-refractivity contribution in [3.05, 3.63) is 29.8 Å². The van der Waals surface area contributed by atoms with E-state index in [4.69, 9.17) is 10.6 Å². The molecule has 1 saturated heterocycles. The number of hydrogen-bond donors (Lipinski definition) is 2. The summed E-state index contributed by atoms with van der Waals surface area (Å²) >= 11 is 0. The van der Waals surface area contributed by atoms with Crippen LogP contribution in [0.4, 0.5) is 0 Å². The van der Waals surface area contributed by atoms with E-state index in [2.05, 4.69) is 17.2 Å². The third-order valence-electron chi connectivity index (χ3n) is 3.84. The van der Waals surface area contributed by atoms with Crippen molar-refractivity contribution < 1.29 is 9.53 Å². The largest absolute Gasteiger partial charge is 0.492 e. The number of likely N-dealkylation sites (tertiary alicyclic amines) is 1. The number of nitrogens with two attached hydrogens (primary N) is 1. The number of amides is 1. The van der Waals surface area contributed by atoms with Gasteiger partial charge < -0.3 is 4.74 Å². The Morgan fingerprint density at radius 2 is 2.40 bits per heavy atom. The molecule has 0 radical (unpaired) electrons. The maximum Gasteiger partial charge on any atom is 0.265 e. The van der Waals surface area contributed by atoms with E-state index in [0.29, 0.717) is 24.0 Å². The highest BCUT2D eigenvalue weighted by molar-refractivity contribution is 5.94. The standard InChI is InChI=1S/C15H23N3O2/c1-2-13-6-4-8-18(13)9-10-20-14-7-3-5-12(11-14)15(19)17-16/h3,5,7,11,13H,2,4,6,8-10,16H2,1H3,(H,17,19). The van der Waals surface area contributed by atoms with E-state index in [9.17, 15) is 4.79 Å². The van der Waals surface area contributed by atoms with Gasteiger partial charge in [-0.15, -0.1) is 0 Å². The fourth-order valence-electron chi connectivity index (χ4n) is 2.74. The van der Waals surface area contributed by atoms with Gasteiger partial charge >= 0.3 is 0 Å². The first-order valence-electron chi connectivity index (χ1n) is 7.22. The third kappa shape index (κ3) is 3.71. The molecule has 1 aromatic carbocycles. The molecule has 0 bridgehead atoms. The predicted octanol–water partition coefficient (Wildman–Crippen LogP) is 1.54. The molecule has 3 N–H and O–H groups in total. The van der Waals surface area contributed by atoms with Gasteiger partial charge in [0.2, 0.25) is 0 Å². The summed E-state index contributed by atoms with van der Waals surface area (Å²) in [6.07, 6.45) is 3.78. The molecule has 1 atom stereocenters.